The maximum Gasteiger partial charge on any atom is 0.0878 e. The summed E-state index contributed by atoms with van der Waals surface area (Å²) in [7, 11) is 0. The molecule has 0 aromatic heterocycles. The van der Waals surface area contributed by atoms with Gasteiger partial charge >= 0.3 is 0 Å². The summed E-state index contributed by atoms with van der Waals surface area (Å²) in [5.41, 5.74) is 0.536. The minimum Gasteiger partial charge on any atom is -0.502 e. The molecule has 0 N–H and O–H groups in total. The van der Waals surface area contributed by atoms with Gasteiger partial charge in [0.05, 0.1) is 12.9 Å². The monoisotopic (exact) mass is 186 g/mol. The molecule has 0 amide bonds. The second-order valence-corrected chi connectivity index (χ2v) is 4.94. The third-order valence-electron chi connectivity index (χ3n) is 2.64. The molecule has 1 aliphatic heterocycles. The van der Waals surface area contributed by atoms with Gasteiger partial charge in [0.2, 0.25) is 0 Å². The Labute approximate surface area is 79.6 Å². The Balaban J connectivity index is 2.21. The zero-order valence-corrected chi connectivity index (χ0v) is 8.66. The molecule has 1 nitrogen and oxygen atoms in total. The van der Waals surface area contributed by atoms with Crippen molar-refractivity contribution in [2.45, 2.75) is 26.2 Å². The molecule has 12 heavy (non-hydrogen) atoms. The van der Waals surface area contributed by atoms with Gasteiger partial charge < -0.3 is 4.74 Å². The Morgan fingerprint density at radius 3 is 2.75 bits per heavy atom. The molecule has 0 unspecified atom stereocenters. The van der Waals surface area contributed by atoms with Crippen molar-refractivity contribution in [2.75, 3.05) is 18.1 Å². The van der Waals surface area contributed by atoms with E-state index in [9.17, 15) is 0 Å². The molecule has 1 saturated heterocycles. The second-order valence-electron chi connectivity index (χ2n) is 3.71. The zero-order valence-electron chi connectivity index (χ0n) is 7.84. The minimum atomic E-state index is 0.536. The Kier molecular flexibility index (Phi) is 3.99. The van der Waals surface area contributed by atoms with Gasteiger partial charge in [0.15, 0.2) is 0 Å². The molecule has 1 rings (SSSR count). The first-order valence-electron chi connectivity index (χ1n) is 4.57. The molecular formula is C10H18OS. The molecule has 0 bridgehead atoms. The predicted molar refractivity (Wildman–Crippen MR) is 55.4 cm³/mol. The molecule has 0 radical (unpaired) electrons. The van der Waals surface area contributed by atoms with Gasteiger partial charge in [-0.25, -0.2) is 0 Å². The van der Waals surface area contributed by atoms with Gasteiger partial charge in [-0.05, 0) is 36.2 Å². The molecule has 0 atom stereocenters. The van der Waals surface area contributed by atoms with E-state index in [4.69, 9.17) is 4.74 Å². The van der Waals surface area contributed by atoms with E-state index in [1.807, 2.05) is 0 Å². The average molecular weight is 186 g/mol. The summed E-state index contributed by atoms with van der Waals surface area (Å²) in [5, 5.41) is 0. The maximum atomic E-state index is 5.16. The van der Waals surface area contributed by atoms with Gasteiger partial charge in [0.25, 0.3) is 0 Å². The third-order valence-corrected chi connectivity index (χ3v) is 3.63. The van der Waals surface area contributed by atoms with E-state index in [0.717, 1.165) is 6.61 Å². The van der Waals surface area contributed by atoms with Crippen LogP contribution in [0.4, 0.5) is 0 Å². The Bertz CT molecular complexity index is 139. The molecule has 0 saturated carbocycles. The van der Waals surface area contributed by atoms with E-state index >= 15 is 0 Å². The number of ether oxygens (including phenoxy) is 1. The molecule has 0 spiro atoms. The highest BCUT2D eigenvalue weighted by Gasteiger charge is 2.26. The fourth-order valence-corrected chi connectivity index (χ4v) is 2.98. The lowest BCUT2D eigenvalue weighted by Gasteiger charge is -2.32. The third kappa shape index (κ3) is 3.10. The first-order chi connectivity index (χ1) is 5.77. The number of thioether (sulfide) groups is 1. The standard InChI is InChI=1S/C10H18OS/c1-3-11-7-4-10(2)5-8-12-9-6-10/h3H,1,4-9H2,2H3. The smallest absolute Gasteiger partial charge is 0.0878 e. The van der Waals surface area contributed by atoms with Gasteiger partial charge in [0, 0.05) is 0 Å². The number of hydrogen-bond acceptors (Lipinski definition) is 2. The van der Waals surface area contributed by atoms with Crippen LogP contribution >= 0.6 is 11.8 Å². The molecule has 1 fully saturated rings. The topological polar surface area (TPSA) is 9.23 Å². The Morgan fingerprint density at radius 2 is 2.17 bits per heavy atom. The van der Waals surface area contributed by atoms with E-state index in [-0.39, 0.29) is 0 Å². The average Bonchev–Trinajstić information content (AvgIpc) is 2.06. The van der Waals surface area contributed by atoms with Gasteiger partial charge in [-0.15, -0.1) is 0 Å². The summed E-state index contributed by atoms with van der Waals surface area (Å²) < 4.78 is 5.16. The van der Waals surface area contributed by atoms with E-state index in [1.54, 1.807) is 6.26 Å². The summed E-state index contributed by atoms with van der Waals surface area (Å²) >= 11 is 2.08. The van der Waals surface area contributed by atoms with Gasteiger partial charge in [-0.2, -0.15) is 11.8 Å². The summed E-state index contributed by atoms with van der Waals surface area (Å²) in [6, 6.07) is 0. The Hall–Kier alpha value is -0.110. The van der Waals surface area contributed by atoms with Gasteiger partial charge in [-0.3, -0.25) is 0 Å². The van der Waals surface area contributed by atoms with E-state index in [0.29, 0.717) is 5.41 Å². The molecule has 1 aliphatic rings. The van der Waals surface area contributed by atoms with Crippen molar-refractivity contribution in [3.63, 3.8) is 0 Å². The lowest BCUT2D eigenvalue weighted by Crippen LogP contribution is -2.23. The highest BCUT2D eigenvalue weighted by Crippen LogP contribution is 2.37. The molecular weight excluding hydrogens is 168 g/mol. The van der Waals surface area contributed by atoms with Crippen LogP contribution in [0.15, 0.2) is 12.8 Å². The van der Waals surface area contributed by atoms with Crippen LogP contribution in [0.2, 0.25) is 0 Å². The van der Waals surface area contributed by atoms with Crippen LogP contribution in [-0.2, 0) is 4.74 Å². The molecule has 2 heteroatoms. The van der Waals surface area contributed by atoms with Crippen LogP contribution in [0.25, 0.3) is 0 Å². The van der Waals surface area contributed by atoms with Crippen LogP contribution in [0.1, 0.15) is 26.2 Å². The number of rotatable bonds is 4. The van der Waals surface area contributed by atoms with Crippen molar-refractivity contribution in [3.8, 4) is 0 Å². The van der Waals surface area contributed by atoms with Gasteiger partial charge in [0.1, 0.15) is 0 Å². The first kappa shape index (κ1) is 9.97. The van der Waals surface area contributed by atoms with E-state index in [1.165, 1.54) is 30.8 Å². The van der Waals surface area contributed by atoms with Crippen molar-refractivity contribution in [2.24, 2.45) is 5.41 Å². The van der Waals surface area contributed by atoms with E-state index < -0.39 is 0 Å². The minimum absolute atomic E-state index is 0.536. The van der Waals surface area contributed by atoms with Crippen molar-refractivity contribution >= 4 is 11.8 Å². The SMILES string of the molecule is C=COCCC1(C)CCSCC1. The van der Waals surface area contributed by atoms with Crippen molar-refractivity contribution < 1.29 is 4.74 Å². The second kappa shape index (κ2) is 4.80. The largest absolute Gasteiger partial charge is 0.502 e. The van der Waals surface area contributed by atoms with Crippen LogP contribution in [-0.4, -0.2) is 18.1 Å². The van der Waals surface area contributed by atoms with Gasteiger partial charge in [-0.1, -0.05) is 13.5 Å². The summed E-state index contributed by atoms with van der Waals surface area (Å²) in [6.45, 7) is 6.75. The zero-order chi connectivity index (χ0) is 8.86. The predicted octanol–water partition coefficient (Wildman–Crippen LogP) is 3.07. The fourth-order valence-electron chi connectivity index (χ4n) is 1.50. The molecule has 70 valence electrons. The highest BCUT2D eigenvalue weighted by molar-refractivity contribution is 7.99. The fraction of sp³-hybridized carbons (Fsp3) is 0.800. The Morgan fingerprint density at radius 1 is 1.50 bits per heavy atom. The molecule has 1 heterocycles. The number of hydrogen-bond donors (Lipinski definition) is 0. The molecule has 0 aromatic carbocycles. The molecule has 0 aliphatic carbocycles. The van der Waals surface area contributed by atoms with Crippen LogP contribution in [0.3, 0.4) is 0 Å². The summed E-state index contributed by atoms with van der Waals surface area (Å²) in [5.74, 6) is 2.65. The molecule has 0 aromatic rings. The van der Waals surface area contributed by atoms with Crippen molar-refractivity contribution in [1.29, 1.82) is 0 Å². The highest BCUT2D eigenvalue weighted by atomic mass is 32.2. The van der Waals surface area contributed by atoms with Crippen molar-refractivity contribution in [3.05, 3.63) is 12.8 Å². The lowest BCUT2D eigenvalue weighted by molar-refractivity contribution is 0.168. The van der Waals surface area contributed by atoms with Crippen LogP contribution in [0, 0.1) is 5.41 Å². The lowest BCUT2D eigenvalue weighted by atomic mass is 9.81. The van der Waals surface area contributed by atoms with Crippen molar-refractivity contribution in [1.82, 2.24) is 0 Å². The van der Waals surface area contributed by atoms with Crippen LogP contribution in [0.5, 0.6) is 0 Å². The first-order valence-corrected chi connectivity index (χ1v) is 5.73. The summed E-state index contributed by atoms with van der Waals surface area (Å²) in [6.07, 6.45) is 5.41. The van der Waals surface area contributed by atoms with Crippen LogP contribution < -0.4 is 0 Å². The normalized spacial score (nSPS) is 21.8. The maximum absolute atomic E-state index is 5.16. The summed E-state index contributed by atoms with van der Waals surface area (Å²) in [4.78, 5) is 0. The van der Waals surface area contributed by atoms with E-state index in [2.05, 4.69) is 25.3 Å². The quantitative estimate of drug-likeness (QED) is 0.493.